The van der Waals surface area contributed by atoms with Crippen LogP contribution < -0.4 is 4.72 Å². The minimum absolute atomic E-state index is 0.318. The van der Waals surface area contributed by atoms with Crippen LogP contribution in [0.15, 0.2) is 59.5 Å². The summed E-state index contributed by atoms with van der Waals surface area (Å²) in [7, 11) is -1.49. The molecule has 5 nitrogen and oxygen atoms in total. The summed E-state index contributed by atoms with van der Waals surface area (Å²) in [4.78, 5) is 11.0. The average molecular weight is 304 g/mol. The standard InChI is InChI=1S/C15H16N2O3S/c1-12-7-9-14(10-8-12)21(20)16-15(11-17(18)19)13-5-3-2-4-6-13/h2-10,15-16H,11H2,1H3/t15-,21?/m1/s1. The first-order valence-electron chi connectivity index (χ1n) is 6.47. The molecule has 0 saturated carbocycles. The van der Waals surface area contributed by atoms with E-state index in [-0.39, 0.29) is 6.54 Å². The molecule has 0 fully saturated rings. The van der Waals surface area contributed by atoms with E-state index in [2.05, 4.69) is 4.72 Å². The van der Waals surface area contributed by atoms with Gasteiger partial charge in [-0.2, -0.15) is 0 Å². The molecule has 1 unspecified atom stereocenters. The van der Waals surface area contributed by atoms with Gasteiger partial charge in [0.15, 0.2) is 0 Å². The van der Waals surface area contributed by atoms with Gasteiger partial charge in [-0.15, -0.1) is 0 Å². The van der Waals surface area contributed by atoms with Gasteiger partial charge in [0.05, 0.1) is 4.90 Å². The summed E-state index contributed by atoms with van der Waals surface area (Å²) < 4.78 is 15.1. The number of hydrogen-bond acceptors (Lipinski definition) is 3. The normalized spacial score (nSPS) is 13.6. The van der Waals surface area contributed by atoms with Crippen molar-refractivity contribution in [1.29, 1.82) is 0 Å². The number of nitrogens with one attached hydrogen (secondary N) is 1. The van der Waals surface area contributed by atoms with Crippen LogP contribution in [0.1, 0.15) is 17.2 Å². The molecule has 0 aliphatic carbocycles. The van der Waals surface area contributed by atoms with Crippen LogP contribution in [0.4, 0.5) is 0 Å². The van der Waals surface area contributed by atoms with Gasteiger partial charge in [0, 0.05) is 4.92 Å². The van der Waals surface area contributed by atoms with E-state index in [0.29, 0.717) is 4.90 Å². The van der Waals surface area contributed by atoms with E-state index >= 15 is 0 Å². The molecule has 2 rings (SSSR count). The Kier molecular flexibility index (Phi) is 5.19. The fraction of sp³-hybridized carbons (Fsp3) is 0.200. The van der Waals surface area contributed by atoms with Gasteiger partial charge < -0.3 is 0 Å². The third-order valence-electron chi connectivity index (χ3n) is 3.02. The van der Waals surface area contributed by atoms with Gasteiger partial charge in [0.2, 0.25) is 6.54 Å². The Morgan fingerprint density at radius 1 is 1.14 bits per heavy atom. The number of aryl methyl sites for hydroxylation is 1. The zero-order valence-corrected chi connectivity index (χ0v) is 12.4. The van der Waals surface area contributed by atoms with E-state index in [1.54, 1.807) is 36.4 Å². The van der Waals surface area contributed by atoms with Crippen LogP contribution in [0.2, 0.25) is 0 Å². The summed E-state index contributed by atoms with van der Waals surface area (Å²) in [6.45, 7) is 1.63. The minimum Gasteiger partial charge on any atom is -0.264 e. The molecule has 0 spiro atoms. The molecule has 21 heavy (non-hydrogen) atoms. The maximum absolute atomic E-state index is 12.3. The molecule has 6 heteroatoms. The summed E-state index contributed by atoms with van der Waals surface area (Å²) >= 11 is 0. The van der Waals surface area contributed by atoms with Gasteiger partial charge in [0.25, 0.3) is 0 Å². The first-order valence-corrected chi connectivity index (χ1v) is 7.62. The Labute approximate surface area is 125 Å². The second kappa shape index (κ2) is 7.10. The van der Waals surface area contributed by atoms with Crippen molar-refractivity contribution in [2.75, 3.05) is 6.54 Å². The van der Waals surface area contributed by atoms with E-state index < -0.39 is 22.0 Å². The fourth-order valence-electron chi connectivity index (χ4n) is 1.90. The highest BCUT2D eigenvalue weighted by molar-refractivity contribution is 7.83. The van der Waals surface area contributed by atoms with Crippen molar-refractivity contribution >= 4 is 11.0 Å². The van der Waals surface area contributed by atoms with Crippen LogP contribution in [0, 0.1) is 17.0 Å². The maximum Gasteiger partial charge on any atom is 0.224 e. The summed E-state index contributed by atoms with van der Waals surface area (Å²) in [5, 5.41) is 10.8. The summed E-state index contributed by atoms with van der Waals surface area (Å²) in [5.74, 6) is 0. The van der Waals surface area contributed by atoms with Crippen LogP contribution in [-0.4, -0.2) is 15.7 Å². The Morgan fingerprint density at radius 2 is 1.76 bits per heavy atom. The van der Waals surface area contributed by atoms with Crippen molar-refractivity contribution in [1.82, 2.24) is 4.72 Å². The molecule has 0 amide bonds. The number of nitrogens with zero attached hydrogens (tertiary/aromatic N) is 1. The lowest BCUT2D eigenvalue weighted by Crippen LogP contribution is -2.29. The topological polar surface area (TPSA) is 72.2 Å². The van der Waals surface area contributed by atoms with E-state index in [0.717, 1.165) is 11.1 Å². The zero-order chi connectivity index (χ0) is 15.2. The van der Waals surface area contributed by atoms with Crippen LogP contribution in [0.25, 0.3) is 0 Å². The molecule has 110 valence electrons. The van der Waals surface area contributed by atoms with Crippen molar-refractivity contribution in [2.45, 2.75) is 17.9 Å². The molecule has 0 aliphatic rings. The summed E-state index contributed by atoms with van der Waals surface area (Å²) in [6.07, 6.45) is 0. The van der Waals surface area contributed by atoms with Gasteiger partial charge in [-0.3, -0.25) is 10.1 Å². The van der Waals surface area contributed by atoms with E-state index in [4.69, 9.17) is 0 Å². The van der Waals surface area contributed by atoms with Crippen molar-refractivity contribution in [3.05, 3.63) is 75.8 Å². The molecule has 0 radical (unpaired) electrons. The van der Waals surface area contributed by atoms with Gasteiger partial charge in [0.1, 0.15) is 17.0 Å². The van der Waals surface area contributed by atoms with Gasteiger partial charge in [-0.05, 0) is 24.6 Å². The molecule has 2 aromatic rings. The minimum atomic E-state index is -1.49. The average Bonchev–Trinajstić information content (AvgIpc) is 2.47. The third-order valence-corrected chi connectivity index (χ3v) is 4.22. The Balaban J connectivity index is 2.17. The van der Waals surface area contributed by atoms with Gasteiger partial charge in [-0.25, -0.2) is 8.93 Å². The number of hydrogen-bond donors (Lipinski definition) is 1. The highest BCUT2D eigenvalue weighted by atomic mass is 32.2. The lowest BCUT2D eigenvalue weighted by molar-refractivity contribution is -0.483. The van der Waals surface area contributed by atoms with Crippen molar-refractivity contribution < 1.29 is 9.13 Å². The van der Waals surface area contributed by atoms with Crippen molar-refractivity contribution in [2.24, 2.45) is 0 Å². The second-order valence-electron chi connectivity index (χ2n) is 4.68. The molecule has 0 aromatic heterocycles. The van der Waals surface area contributed by atoms with Crippen molar-refractivity contribution in [3.63, 3.8) is 0 Å². The molecule has 0 saturated heterocycles. The lowest BCUT2D eigenvalue weighted by Gasteiger charge is -2.14. The quantitative estimate of drug-likeness (QED) is 0.658. The molecular formula is C15H16N2O3S. The Hall–Kier alpha value is -2.05. The van der Waals surface area contributed by atoms with Crippen LogP contribution in [0.3, 0.4) is 0 Å². The van der Waals surface area contributed by atoms with Gasteiger partial charge >= 0.3 is 0 Å². The van der Waals surface area contributed by atoms with E-state index in [1.807, 2.05) is 25.1 Å². The smallest absolute Gasteiger partial charge is 0.224 e. The maximum atomic E-state index is 12.3. The molecule has 0 heterocycles. The second-order valence-corrected chi connectivity index (χ2v) is 5.92. The first kappa shape index (κ1) is 15.3. The predicted molar refractivity (Wildman–Crippen MR) is 81.8 cm³/mol. The molecule has 0 bridgehead atoms. The molecule has 2 aromatic carbocycles. The number of rotatable bonds is 6. The monoisotopic (exact) mass is 304 g/mol. The number of benzene rings is 2. The highest BCUT2D eigenvalue weighted by Crippen LogP contribution is 2.16. The van der Waals surface area contributed by atoms with E-state index in [1.165, 1.54) is 0 Å². The fourth-order valence-corrected chi connectivity index (χ4v) is 2.89. The predicted octanol–water partition coefficient (Wildman–Crippen LogP) is 2.63. The Bertz CT molecular complexity index is 629. The molecular weight excluding hydrogens is 288 g/mol. The molecule has 2 atom stereocenters. The summed E-state index contributed by atoms with van der Waals surface area (Å²) in [6, 6.07) is 15.7. The molecule has 1 N–H and O–H groups in total. The zero-order valence-electron chi connectivity index (χ0n) is 11.6. The third kappa shape index (κ3) is 4.47. The number of nitro groups is 1. The van der Waals surface area contributed by atoms with E-state index in [9.17, 15) is 14.3 Å². The molecule has 0 aliphatic heterocycles. The lowest BCUT2D eigenvalue weighted by atomic mass is 10.1. The van der Waals surface area contributed by atoms with Gasteiger partial charge in [-0.1, -0.05) is 48.0 Å². The Morgan fingerprint density at radius 3 is 2.33 bits per heavy atom. The van der Waals surface area contributed by atoms with Crippen molar-refractivity contribution in [3.8, 4) is 0 Å². The van der Waals surface area contributed by atoms with Crippen LogP contribution in [0.5, 0.6) is 0 Å². The largest absolute Gasteiger partial charge is 0.264 e. The first-order chi connectivity index (χ1) is 10.1. The SMILES string of the molecule is Cc1ccc(S(=O)N[C@H](C[N+](=O)[O-])c2ccccc2)cc1. The highest BCUT2D eigenvalue weighted by Gasteiger charge is 2.20. The summed E-state index contributed by atoms with van der Waals surface area (Å²) in [5.41, 5.74) is 1.82. The van der Waals surface area contributed by atoms with Crippen LogP contribution in [-0.2, 0) is 11.0 Å². The van der Waals surface area contributed by atoms with Crippen LogP contribution >= 0.6 is 0 Å².